The molecule has 106 valence electrons. The Morgan fingerprint density at radius 3 is 1.90 bits per heavy atom. The van der Waals surface area contributed by atoms with Crippen LogP contribution >= 0.6 is 0 Å². The van der Waals surface area contributed by atoms with Crippen LogP contribution in [0.3, 0.4) is 0 Å². The highest BCUT2D eigenvalue weighted by Crippen LogP contribution is 2.13. The molecule has 3 heterocycles. The molecule has 0 radical (unpaired) electrons. The molecule has 0 aliphatic rings. The first-order valence-corrected chi connectivity index (χ1v) is 6.91. The average molecular weight is 279 g/mol. The van der Waals surface area contributed by atoms with Crippen molar-refractivity contribution in [2.75, 3.05) is 0 Å². The molecule has 0 aliphatic carbocycles. The van der Waals surface area contributed by atoms with Gasteiger partial charge < -0.3 is 4.42 Å². The monoisotopic (exact) mass is 279 g/mol. The van der Waals surface area contributed by atoms with E-state index in [2.05, 4.69) is 27.0 Å². The summed E-state index contributed by atoms with van der Waals surface area (Å²) in [5.74, 6) is 0. The van der Waals surface area contributed by atoms with Gasteiger partial charge in [0.1, 0.15) is 0 Å². The fraction of sp³-hybridized carbons (Fsp3) is 0.176. The van der Waals surface area contributed by atoms with Crippen molar-refractivity contribution in [3.05, 3.63) is 84.3 Å². The van der Waals surface area contributed by atoms with Gasteiger partial charge in [-0.25, -0.2) is 0 Å². The van der Waals surface area contributed by atoms with Gasteiger partial charge >= 0.3 is 0 Å². The lowest BCUT2D eigenvalue weighted by atomic mass is 10.2. The molecule has 0 N–H and O–H groups in total. The lowest BCUT2D eigenvalue weighted by molar-refractivity contribution is 0.246. The van der Waals surface area contributed by atoms with Crippen LogP contribution in [0.1, 0.15) is 16.7 Å². The van der Waals surface area contributed by atoms with Crippen LogP contribution in [-0.2, 0) is 19.6 Å². The maximum atomic E-state index is 5.16. The summed E-state index contributed by atoms with van der Waals surface area (Å²) in [6, 6.07) is 10.1. The highest BCUT2D eigenvalue weighted by molar-refractivity contribution is 5.13. The molecule has 0 aromatic carbocycles. The normalized spacial score (nSPS) is 10.9. The van der Waals surface area contributed by atoms with Gasteiger partial charge in [0.2, 0.25) is 0 Å². The third kappa shape index (κ3) is 4.00. The summed E-state index contributed by atoms with van der Waals surface area (Å²) in [6.45, 7) is 2.52. The van der Waals surface area contributed by atoms with E-state index in [-0.39, 0.29) is 0 Å². The molecule has 4 heteroatoms. The smallest absolute Gasteiger partial charge is 0.0947 e. The molecule has 0 saturated heterocycles. The Bertz CT molecular complexity index is 597. The van der Waals surface area contributed by atoms with Gasteiger partial charge in [-0.05, 0) is 29.3 Å². The number of hydrogen-bond acceptors (Lipinski definition) is 4. The van der Waals surface area contributed by atoms with E-state index in [0.717, 1.165) is 19.6 Å². The lowest BCUT2D eigenvalue weighted by Crippen LogP contribution is -2.22. The van der Waals surface area contributed by atoms with E-state index in [0.29, 0.717) is 0 Å². The molecule has 4 nitrogen and oxygen atoms in total. The SMILES string of the molecule is c1cncc(CN(Cc2cccnc2)Cc2ccoc2)c1. The standard InChI is InChI=1S/C17H17N3O/c1-3-15(9-18-6-1)11-20(13-17-5-8-21-14-17)12-16-4-2-7-19-10-16/h1-10,14H,11-13H2. The second-order valence-electron chi connectivity index (χ2n) is 5.00. The molecule has 21 heavy (non-hydrogen) atoms. The van der Waals surface area contributed by atoms with Crippen molar-refractivity contribution in [1.82, 2.24) is 14.9 Å². The Kier molecular flexibility index (Phi) is 4.39. The van der Waals surface area contributed by atoms with E-state index >= 15 is 0 Å². The lowest BCUT2D eigenvalue weighted by Gasteiger charge is -2.21. The van der Waals surface area contributed by atoms with Crippen LogP contribution < -0.4 is 0 Å². The number of furan rings is 1. The fourth-order valence-electron chi connectivity index (χ4n) is 2.31. The van der Waals surface area contributed by atoms with Gasteiger partial charge in [0, 0.05) is 50.0 Å². The number of nitrogens with zero attached hydrogens (tertiary/aromatic N) is 3. The number of hydrogen-bond donors (Lipinski definition) is 0. The van der Waals surface area contributed by atoms with Crippen molar-refractivity contribution in [3.63, 3.8) is 0 Å². The number of aromatic nitrogens is 2. The first-order valence-electron chi connectivity index (χ1n) is 6.91. The van der Waals surface area contributed by atoms with Gasteiger partial charge in [-0.2, -0.15) is 0 Å². The van der Waals surface area contributed by atoms with Crippen LogP contribution in [0.2, 0.25) is 0 Å². The van der Waals surface area contributed by atoms with Crippen molar-refractivity contribution >= 4 is 0 Å². The molecule has 3 aromatic rings. The second kappa shape index (κ2) is 6.81. The topological polar surface area (TPSA) is 42.2 Å². The minimum Gasteiger partial charge on any atom is -0.472 e. The molecule has 0 aliphatic heterocycles. The van der Waals surface area contributed by atoms with Crippen LogP contribution in [0, 0.1) is 0 Å². The van der Waals surface area contributed by atoms with E-state index in [1.54, 1.807) is 24.9 Å². The Labute approximate surface area is 124 Å². The van der Waals surface area contributed by atoms with E-state index in [1.807, 2.05) is 30.6 Å². The summed E-state index contributed by atoms with van der Waals surface area (Å²) >= 11 is 0. The highest BCUT2D eigenvalue weighted by atomic mass is 16.3. The van der Waals surface area contributed by atoms with Crippen LogP contribution in [0.5, 0.6) is 0 Å². The van der Waals surface area contributed by atoms with E-state index in [1.165, 1.54) is 16.7 Å². The van der Waals surface area contributed by atoms with E-state index in [4.69, 9.17) is 4.42 Å². The summed E-state index contributed by atoms with van der Waals surface area (Å²) in [5.41, 5.74) is 3.57. The maximum Gasteiger partial charge on any atom is 0.0947 e. The minimum absolute atomic E-state index is 0.834. The molecule has 0 bridgehead atoms. The average Bonchev–Trinajstić information content (AvgIpc) is 3.02. The molecular formula is C17H17N3O. The predicted molar refractivity (Wildman–Crippen MR) is 80.1 cm³/mol. The van der Waals surface area contributed by atoms with Crippen molar-refractivity contribution in [2.45, 2.75) is 19.6 Å². The predicted octanol–water partition coefficient (Wildman–Crippen LogP) is 3.27. The number of pyridine rings is 2. The van der Waals surface area contributed by atoms with Gasteiger partial charge in [0.25, 0.3) is 0 Å². The zero-order chi connectivity index (χ0) is 14.3. The maximum absolute atomic E-state index is 5.16. The molecule has 0 saturated carbocycles. The third-order valence-electron chi connectivity index (χ3n) is 3.24. The van der Waals surface area contributed by atoms with Gasteiger partial charge in [0.05, 0.1) is 12.5 Å². The highest BCUT2D eigenvalue weighted by Gasteiger charge is 2.09. The first kappa shape index (κ1) is 13.5. The van der Waals surface area contributed by atoms with Gasteiger partial charge in [0.15, 0.2) is 0 Å². The van der Waals surface area contributed by atoms with E-state index < -0.39 is 0 Å². The summed E-state index contributed by atoms with van der Waals surface area (Å²) in [5, 5.41) is 0. The minimum atomic E-state index is 0.834. The van der Waals surface area contributed by atoms with Gasteiger partial charge in [-0.15, -0.1) is 0 Å². The second-order valence-corrected chi connectivity index (χ2v) is 5.00. The Hall–Kier alpha value is -2.46. The summed E-state index contributed by atoms with van der Waals surface area (Å²) < 4.78 is 5.16. The first-order chi connectivity index (χ1) is 10.4. The molecule has 0 spiro atoms. The summed E-state index contributed by atoms with van der Waals surface area (Å²) in [6.07, 6.45) is 10.9. The quantitative estimate of drug-likeness (QED) is 0.694. The van der Waals surface area contributed by atoms with Crippen molar-refractivity contribution in [2.24, 2.45) is 0 Å². The fourth-order valence-corrected chi connectivity index (χ4v) is 2.31. The van der Waals surface area contributed by atoms with E-state index in [9.17, 15) is 0 Å². The van der Waals surface area contributed by atoms with Crippen LogP contribution in [0.25, 0.3) is 0 Å². The molecule has 0 unspecified atom stereocenters. The largest absolute Gasteiger partial charge is 0.472 e. The molecule has 3 rings (SSSR count). The number of rotatable bonds is 6. The summed E-state index contributed by atoms with van der Waals surface area (Å²) in [4.78, 5) is 10.7. The zero-order valence-corrected chi connectivity index (χ0v) is 11.7. The molecule has 0 amide bonds. The Morgan fingerprint density at radius 1 is 0.810 bits per heavy atom. The molecule has 0 atom stereocenters. The summed E-state index contributed by atoms with van der Waals surface area (Å²) in [7, 11) is 0. The van der Waals surface area contributed by atoms with Crippen molar-refractivity contribution in [3.8, 4) is 0 Å². The zero-order valence-electron chi connectivity index (χ0n) is 11.7. The van der Waals surface area contributed by atoms with Gasteiger partial charge in [-0.3, -0.25) is 14.9 Å². The molecule has 3 aromatic heterocycles. The van der Waals surface area contributed by atoms with Crippen LogP contribution in [0.4, 0.5) is 0 Å². The Balaban J connectivity index is 1.74. The van der Waals surface area contributed by atoms with Crippen molar-refractivity contribution < 1.29 is 4.42 Å². The van der Waals surface area contributed by atoms with Gasteiger partial charge in [-0.1, -0.05) is 12.1 Å². The molecule has 0 fully saturated rings. The van der Waals surface area contributed by atoms with Crippen LogP contribution in [0.15, 0.2) is 72.1 Å². The van der Waals surface area contributed by atoms with Crippen LogP contribution in [-0.4, -0.2) is 14.9 Å². The third-order valence-corrected chi connectivity index (χ3v) is 3.24. The van der Waals surface area contributed by atoms with Crippen molar-refractivity contribution in [1.29, 1.82) is 0 Å². The Morgan fingerprint density at radius 2 is 1.43 bits per heavy atom. The molecular weight excluding hydrogens is 262 g/mol.